The van der Waals surface area contributed by atoms with Crippen molar-refractivity contribution in [2.45, 2.75) is 26.3 Å². The molecule has 0 saturated carbocycles. The molecule has 0 spiro atoms. The van der Waals surface area contributed by atoms with Gasteiger partial charge in [0.15, 0.2) is 11.2 Å². The molecule has 2 rings (SSSR count). The highest BCUT2D eigenvalue weighted by atomic mass is 16.2. The second-order valence-corrected chi connectivity index (χ2v) is 5.16. The topological polar surface area (TPSA) is 99.9 Å². The van der Waals surface area contributed by atoms with Gasteiger partial charge < -0.3 is 11.1 Å². The first-order valence-corrected chi connectivity index (χ1v) is 7.05. The van der Waals surface area contributed by atoms with Crippen LogP contribution in [0.25, 0.3) is 11.2 Å². The maximum absolute atomic E-state index is 12.3. The summed E-state index contributed by atoms with van der Waals surface area (Å²) in [7, 11) is 3.11. The first-order chi connectivity index (χ1) is 9.93. The third-order valence-corrected chi connectivity index (χ3v) is 3.74. The fraction of sp³-hybridized carbons (Fsp3) is 0.615. The average Bonchev–Trinajstić information content (AvgIpc) is 2.87. The van der Waals surface area contributed by atoms with Crippen molar-refractivity contribution in [3.05, 3.63) is 20.8 Å². The van der Waals surface area contributed by atoms with Gasteiger partial charge in [-0.3, -0.25) is 18.5 Å². The monoisotopic (exact) mass is 294 g/mol. The average molecular weight is 294 g/mol. The van der Waals surface area contributed by atoms with Crippen molar-refractivity contribution in [2.24, 2.45) is 19.8 Å². The molecule has 2 aromatic heterocycles. The molecular formula is C13H22N6O2. The van der Waals surface area contributed by atoms with E-state index in [0.717, 1.165) is 11.0 Å². The second kappa shape index (κ2) is 5.72. The van der Waals surface area contributed by atoms with E-state index in [2.05, 4.69) is 10.3 Å². The van der Waals surface area contributed by atoms with Gasteiger partial charge in [-0.2, -0.15) is 0 Å². The molecule has 0 aliphatic heterocycles. The van der Waals surface area contributed by atoms with Crippen LogP contribution in [0, 0.1) is 0 Å². The van der Waals surface area contributed by atoms with Crippen molar-refractivity contribution < 1.29 is 0 Å². The largest absolute Gasteiger partial charge is 0.354 e. The molecule has 1 atom stereocenters. The Morgan fingerprint density at radius 2 is 1.95 bits per heavy atom. The van der Waals surface area contributed by atoms with Crippen molar-refractivity contribution in [2.75, 3.05) is 18.4 Å². The quantitative estimate of drug-likeness (QED) is 0.794. The number of nitrogens with zero attached hydrogens (tertiary/aromatic N) is 4. The van der Waals surface area contributed by atoms with Crippen molar-refractivity contribution >= 4 is 17.1 Å². The lowest BCUT2D eigenvalue weighted by atomic mass is 10.2. The normalized spacial score (nSPS) is 12.8. The van der Waals surface area contributed by atoms with Crippen molar-refractivity contribution in [1.82, 2.24) is 18.7 Å². The van der Waals surface area contributed by atoms with E-state index in [1.807, 2.05) is 18.4 Å². The number of hydrogen-bond donors (Lipinski definition) is 2. The molecule has 0 fully saturated rings. The smallest absolute Gasteiger partial charge is 0.332 e. The number of fused-ring (bicyclic) bond motifs is 1. The van der Waals surface area contributed by atoms with Crippen LogP contribution in [0.15, 0.2) is 9.59 Å². The van der Waals surface area contributed by atoms with Crippen LogP contribution in [0.1, 0.15) is 26.3 Å². The number of hydrogen-bond acceptors (Lipinski definition) is 5. The molecule has 1 unspecified atom stereocenters. The van der Waals surface area contributed by atoms with Crippen LogP contribution in [-0.2, 0) is 14.1 Å². The van der Waals surface area contributed by atoms with E-state index in [1.165, 1.54) is 11.6 Å². The van der Waals surface area contributed by atoms with Gasteiger partial charge in [-0.25, -0.2) is 9.78 Å². The van der Waals surface area contributed by atoms with Crippen LogP contribution in [-0.4, -0.2) is 31.8 Å². The first kappa shape index (κ1) is 15.3. The minimum atomic E-state index is -0.383. The van der Waals surface area contributed by atoms with Crippen LogP contribution in [0.5, 0.6) is 0 Å². The summed E-state index contributed by atoms with van der Waals surface area (Å²) in [4.78, 5) is 28.8. The van der Waals surface area contributed by atoms with Gasteiger partial charge in [0.1, 0.15) is 0 Å². The Bertz CT molecular complexity index is 770. The van der Waals surface area contributed by atoms with E-state index in [0.29, 0.717) is 30.2 Å². The molecule has 0 radical (unpaired) electrons. The molecule has 0 amide bonds. The Morgan fingerprint density at radius 1 is 1.29 bits per heavy atom. The maximum atomic E-state index is 12.3. The molecule has 116 valence electrons. The molecule has 0 bridgehead atoms. The summed E-state index contributed by atoms with van der Waals surface area (Å²) in [5.41, 5.74) is 5.60. The fourth-order valence-electron chi connectivity index (χ4n) is 2.36. The maximum Gasteiger partial charge on any atom is 0.332 e. The van der Waals surface area contributed by atoms with Gasteiger partial charge in [0.25, 0.3) is 5.56 Å². The Balaban J connectivity index is 2.87. The predicted molar refractivity (Wildman–Crippen MR) is 82.8 cm³/mol. The van der Waals surface area contributed by atoms with Gasteiger partial charge in [0.05, 0.1) is 0 Å². The second-order valence-electron chi connectivity index (χ2n) is 5.16. The molecule has 2 heterocycles. The van der Waals surface area contributed by atoms with E-state index in [4.69, 9.17) is 5.73 Å². The van der Waals surface area contributed by atoms with Gasteiger partial charge >= 0.3 is 5.69 Å². The number of rotatable bonds is 5. The van der Waals surface area contributed by atoms with E-state index in [-0.39, 0.29) is 17.3 Å². The number of anilines is 1. The molecule has 0 aliphatic carbocycles. The first-order valence-electron chi connectivity index (χ1n) is 7.05. The van der Waals surface area contributed by atoms with Crippen LogP contribution in [0.2, 0.25) is 0 Å². The van der Waals surface area contributed by atoms with E-state index in [9.17, 15) is 9.59 Å². The van der Waals surface area contributed by atoms with Gasteiger partial charge in [0, 0.05) is 33.2 Å². The highest BCUT2D eigenvalue weighted by Crippen LogP contribution is 2.23. The number of imidazole rings is 1. The number of nitrogens with one attached hydrogen (secondary N) is 1. The molecular weight excluding hydrogens is 272 g/mol. The molecule has 0 saturated heterocycles. The molecule has 2 aromatic rings. The van der Waals surface area contributed by atoms with E-state index < -0.39 is 0 Å². The van der Waals surface area contributed by atoms with E-state index >= 15 is 0 Å². The van der Waals surface area contributed by atoms with Crippen molar-refractivity contribution in [3.63, 3.8) is 0 Å². The minimum absolute atomic E-state index is 0.105. The Hall–Kier alpha value is -2.09. The van der Waals surface area contributed by atoms with Crippen LogP contribution >= 0.6 is 0 Å². The van der Waals surface area contributed by atoms with Gasteiger partial charge in [0.2, 0.25) is 5.95 Å². The van der Waals surface area contributed by atoms with Crippen molar-refractivity contribution in [3.8, 4) is 0 Å². The molecule has 3 N–H and O–H groups in total. The predicted octanol–water partition coefficient (Wildman–Crippen LogP) is -0.225. The summed E-state index contributed by atoms with van der Waals surface area (Å²) in [6.07, 6.45) is 0.853. The summed E-state index contributed by atoms with van der Waals surface area (Å²) >= 11 is 0. The Morgan fingerprint density at radius 3 is 2.52 bits per heavy atom. The van der Waals surface area contributed by atoms with Gasteiger partial charge in [-0.15, -0.1) is 0 Å². The SMILES string of the molecule is CCC(C)n1c(NCCN)nc2c(=O)n(C)c(=O)n(C)c21. The van der Waals surface area contributed by atoms with Crippen LogP contribution in [0.3, 0.4) is 0 Å². The lowest BCUT2D eigenvalue weighted by Crippen LogP contribution is -2.37. The number of aryl methyl sites for hydroxylation is 1. The molecule has 0 aliphatic rings. The van der Waals surface area contributed by atoms with Crippen LogP contribution in [0.4, 0.5) is 5.95 Å². The highest BCUT2D eigenvalue weighted by Gasteiger charge is 2.21. The molecule has 0 aromatic carbocycles. The lowest BCUT2D eigenvalue weighted by molar-refractivity contribution is 0.536. The summed E-state index contributed by atoms with van der Waals surface area (Å²) in [5.74, 6) is 0.572. The van der Waals surface area contributed by atoms with E-state index in [1.54, 1.807) is 7.05 Å². The third kappa shape index (κ3) is 2.35. The van der Waals surface area contributed by atoms with Crippen LogP contribution < -0.4 is 22.3 Å². The number of aromatic nitrogens is 4. The molecule has 8 nitrogen and oxygen atoms in total. The standard InChI is InChI=1S/C13H22N6O2/c1-5-8(2)19-10-9(16-12(19)15-7-6-14)11(20)18(4)13(21)17(10)3/h8H,5-7,14H2,1-4H3,(H,15,16). The highest BCUT2D eigenvalue weighted by molar-refractivity contribution is 5.74. The summed E-state index contributed by atoms with van der Waals surface area (Å²) in [5, 5.41) is 3.12. The third-order valence-electron chi connectivity index (χ3n) is 3.74. The molecule has 21 heavy (non-hydrogen) atoms. The minimum Gasteiger partial charge on any atom is -0.354 e. The summed E-state index contributed by atoms with van der Waals surface area (Å²) in [6.45, 7) is 5.08. The van der Waals surface area contributed by atoms with Gasteiger partial charge in [-0.1, -0.05) is 6.92 Å². The lowest BCUT2D eigenvalue weighted by Gasteiger charge is -2.17. The zero-order chi connectivity index (χ0) is 15.7. The molecule has 8 heteroatoms. The Kier molecular flexibility index (Phi) is 4.17. The number of nitrogens with two attached hydrogens (primary N) is 1. The van der Waals surface area contributed by atoms with Gasteiger partial charge in [-0.05, 0) is 13.3 Å². The summed E-state index contributed by atoms with van der Waals surface area (Å²) < 4.78 is 4.43. The Labute approximate surface area is 122 Å². The zero-order valence-corrected chi connectivity index (χ0v) is 12.9. The van der Waals surface area contributed by atoms with Crippen molar-refractivity contribution in [1.29, 1.82) is 0 Å². The fourth-order valence-corrected chi connectivity index (χ4v) is 2.36. The summed E-state index contributed by atoms with van der Waals surface area (Å²) in [6, 6.07) is 0.105. The zero-order valence-electron chi connectivity index (χ0n) is 12.9.